The Bertz CT molecular complexity index is 873. The number of aliphatic hydroxyl groups excluding tert-OH is 1. The second-order valence-corrected chi connectivity index (χ2v) is 10.4. The van der Waals surface area contributed by atoms with Crippen LogP contribution in [0, 0.1) is 5.41 Å². The number of carbonyl (C=O) groups excluding carboxylic acids is 2. The lowest BCUT2D eigenvalue weighted by Gasteiger charge is -2.36. The van der Waals surface area contributed by atoms with E-state index in [-0.39, 0.29) is 24.8 Å². The van der Waals surface area contributed by atoms with Crippen LogP contribution in [-0.4, -0.2) is 79.3 Å². The number of likely N-dealkylation sites (tertiary alicyclic amines) is 1. The highest BCUT2D eigenvalue weighted by Crippen LogP contribution is 2.35. The molecule has 3 rings (SSSR count). The molecule has 0 radical (unpaired) electrons. The summed E-state index contributed by atoms with van der Waals surface area (Å²) in [6.07, 6.45) is 4.88. The summed E-state index contributed by atoms with van der Waals surface area (Å²) in [5.41, 5.74) is -0.530. The maximum Gasteiger partial charge on any atom is 0.405 e. The van der Waals surface area contributed by atoms with Crippen LogP contribution in [0.2, 0.25) is 0 Å². The quantitative estimate of drug-likeness (QED) is 0.492. The summed E-state index contributed by atoms with van der Waals surface area (Å²) in [5, 5.41) is 33.3. The molecule has 1 aromatic rings. The minimum absolute atomic E-state index is 0.0801. The molecule has 2 aliphatic rings. The van der Waals surface area contributed by atoms with E-state index in [9.17, 15) is 24.6 Å². The first-order valence-electron chi connectivity index (χ1n) is 11.6. The number of β-amino-alcohol motifs (C(OH)–C–C–N with tert-alkyl or cyclic N) is 1. The number of carbonyl (C=O) groups is 3. The average molecular weight is 465 g/mol. The topological polar surface area (TPSA) is 150 Å². The third kappa shape index (κ3) is 5.63. The van der Waals surface area contributed by atoms with Crippen LogP contribution in [0.5, 0.6) is 0 Å². The molecular weight excluding hydrogens is 428 g/mol. The maximum absolute atomic E-state index is 13.6. The van der Waals surface area contributed by atoms with Crippen LogP contribution >= 0.6 is 0 Å². The van der Waals surface area contributed by atoms with Crippen LogP contribution in [-0.2, 0) is 16.0 Å². The first-order chi connectivity index (χ1) is 15.5. The lowest BCUT2D eigenvalue weighted by atomic mass is 9.78. The third-order valence-corrected chi connectivity index (χ3v) is 6.69. The van der Waals surface area contributed by atoms with Gasteiger partial charge in [0.05, 0.1) is 11.8 Å². The summed E-state index contributed by atoms with van der Waals surface area (Å²) in [6, 6.07) is -1.48. The highest BCUT2D eigenvalue weighted by Gasteiger charge is 2.45. The van der Waals surface area contributed by atoms with Crippen molar-refractivity contribution in [3.8, 4) is 0 Å². The minimum Gasteiger partial charge on any atom is -0.465 e. The van der Waals surface area contributed by atoms with Crippen molar-refractivity contribution >= 4 is 17.9 Å². The van der Waals surface area contributed by atoms with Crippen molar-refractivity contribution in [3.63, 3.8) is 0 Å². The maximum atomic E-state index is 13.6. The van der Waals surface area contributed by atoms with Gasteiger partial charge in [-0.15, -0.1) is 5.10 Å². The van der Waals surface area contributed by atoms with Crippen molar-refractivity contribution in [2.75, 3.05) is 13.6 Å². The predicted molar refractivity (Wildman–Crippen MR) is 119 cm³/mol. The molecule has 3 atom stereocenters. The fraction of sp³-hybridized carbons (Fsp3) is 0.773. The standard InChI is InChI=1S/C22H36N6O5/c1-21(2,3)17(19(31)27-13-15(29)10-16(27)18(30)23-4)28-12-14(25-26-28)11-22(24-20(32)33)8-6-5-7-9-22/h12,15-17,24,29H,5-11,13H2,1-4H3,(H,23,30)(H,32,33)/t15-,16+,17-/m1/s1. The summed E-state index contributed by atoms with van der Waals surface area (Å²) in [6.45, 7) is 5.81. The van der Waals surface area contributed by atoms with Gasteiger partial charge in [-0.05, 0) is 18.3 Å². The van der Waals surface area contributed by atoms with Gasteiger partial charge in [0.1, 0.15) is 12.1 Å². The Morgan fingerprint density at radius 1 is 1.24 bits per heavy atom. The first-order valence-corrected chi connectivity index (χ1v) is 11.6. The van der Waals surface area contributed by atoms with Gasteiger partial charge in [0.25, 0.3) is 0 Å². The van der Waals surface area contributed by atoms with Crippen molar-refractivity contribution in [2.45, 2.75) is 89.4 Å². The molecule has 0 aromatic carbocycles. The molecule has 1 aliphatic carbocycles. The SMILES string of the molecule is CNC(=O)[C@@H]1C[C@@H](O)CN1C(=O)[C@@H](n1cc(CC2(NC(=O)O)CCCCC2)nn1)C(C)(C)C. The van der Waals surface area contributed by atoms with Crippen LogP contribution in [0.4, 0.5) is 4.79 Å². The van der Waals surface area contributed by atoms with Crippen molar-refractivity contribution in [2.24, 2.45) is 5.41 Å². The normalized spacial score (nSPS) is 23.7. The van der Waals surface area contributed by atoms with E-state index in [4.69, 9.17) is 0 Å². The minimum atomic E-state index is -1.06. The van der Waals surface area contributed by atoms with Gasteiger partial charge < -0.3 is 25.7 Å². The van der Waals surface area contributed by atoms with Crippen molar-refractivity contribution in [1.82, 2.24) is 30.5 Å². The Hall–Kier alpha value is -2.69. The molecule has 1 aliphatic heterocycles. The number of nitrogens with one attached hydrogen (secondary N) is 2. The van der Waals surface area contributed by atoms with Gasteiger partial charge in [0, 0.05) is 38.2 Å². The van der Waals surface area contributed by atoms with Gasteiger partial charge in [-0.2, -0.15) is 0 Å². The molecular formula is C22H36N6O5. The predicted octanol–water partition coefficient (Wildman–Crippen LogP) is 1.09. The molecule has 2 heterocycles. The molecule has 1 saturated carbocycles. The molecule has 33 heavy (non-hydrogen) atoms. The number of hydrogen-bond acceptors (Lipinski definition) is 6. The Morgan fingerprint density at radius 2 is 1.91 bits per heavy atom. The van der Waals surface area contributed by atoms with Gasteiger partial charge in [0.2, 0.25) is 11.8 Å². The fourth-order valence-corrected chi connectivity index (χ4v) is 5.18. The van der Waals surface area contributed by atoms with Gasteiger partial charge in [0.15, 0.2) is 0 Å². The molecule has 184 valence electrons. The number of likely N-dealkylation sites (N-methyl/N-ethyl adjacent to an activating group) is 1. The first kappa shape index (κ1) is 24.9. The molecule has 4 N–H and O–H groups in total. The molecule has 0 unspecified atom stereocenters. The lowest BCUT2D eigenvalue weighted by Crippen LogP contribution is -2.51. The van der Waals surface area contributed by atoms with Gasteiger partial charge >= 0.3 is 6.09 Å². The van der Waals surface area contributed by atoms with Gasteiger partial charge in [-0.3, -0.25) is 9.59 Å². The van der Waals surface area contributed by atoms with Crippen molar-refractivity contribution in [3.05, 3.63) is 11.9 Å². The fourth-order valence-electron chi connectivity index (χ4n) is 5.18. The number of aliphatic hydroxyl groups is 1. The molecule has 11 nitrogen and oxygen atoms in total. The Morgan fingerprint density at radius 3 is 2.48 bits per heavy atom. The number of aromatic nitrogens is 3. The number of nitrogens with zero attached hydrogens (tertiary/aromatic N) is 4. The van der Waals surface area contributed by atoms with Gasteiger partial charge in [-0.25, -0.2) is 9.48 Å². The van der Waals surface area contributed by atoms with E-state index in [2.05, 4.69) is 20.9 Å². The zero-order valence-corrected chi connectivity index (χ0v) is 19.9. The number of hydrogen-bond donors (Lipinski definition) is 4. The Labute approximate surface area is 193 Å². The summed E-state index contributed by atoms with van der Waals surface area (Å²) in [7, 11) is 1.51. The molecule has 0 spiro atoms. The van der Waals surface area contributed by atoms with E-state index in [0.717, 1.165) is 32.1 Å². The Kier molecular flexibility index (Phi) is 7.30. The summed E-state index contributed by atoms with van der Waals surface area (Å²) < 4.78 is 1.51. The molecule has 2 fully saturated rings. The van der Waals surface area contributed by atoms with E-state index in [0.29, 0.717) is 12.1 Å². The van der Waals surface area contributed by atoms with Crippen LogP contribution in [0.3, 0.4) is 0 Å². The zero-order valence-electron chi connectivity index (χ0n) is 19.9. The van der Waals surface area contributed by atoms with E-state index in [1.54, 1.807) is 6.20 Å². The molecule has 1 saturated heterocycles. The van der Waals surface area contributed by atoms with Crippen molar-refractivity contribution in [1.29, 1.82) is 0 Å². The van der Waals surface area contributed by atoms with E-state index in [1.165, 1.54) is 16.6 Å². The van der Waals surface area contributed by atoms with Crippen LogP contribution in [0.25, 0.3) is 0 Å². The highest BCUT2D eigenvalue weighted by atomic mass is 16.4. The molecule has 1 aromatic heterocycles. The monoisotopic (exact) mass is 464 g/mol. The van der Waals surface area contributed by atoms with Crippen molar-refractivity contribution < 1.29 is 24.6 Å². The summed E-state index contributed by atoms with van der Waals surface area (Å²) in [5.74, 6) is -0.619. The zero-order chi connectivity index (χ0) is 24.4. The van der Waals surface area contributed by atoms with E-state index in [1.807, 2.05) is 20.8 Å². The van der Waals surface area contributed by atoms with Gasteiger partial charge in [-0.1, -0.05) is 45.2 Å². The molecule has 0 bridgehead atoms. The number of carboxylic acid groups (broad SMARTS) is 1. The Balaban J connectivity index is 1.87. The average Bonchev–Trinajstić information content (AvgIpc) is 3.32. The van der Waals surface area contributed by atoms with Crippen LogP contribution in [0.1, 0.15) is 71.0 Å². The summed E-state index contributed by atoms with van der Waals surface area (Å²) >= 11 is 0. The lowest BCUT2D eigenvalue weighted by molar-refractivity contribution is -0.144. The smallest absolute Gasteiger partial charge is 0.405 e. The second kappa shape index (κ2) is 9.66. The molecule has 3 amide bonds. The summed E-state index contributed by atoms with van der Waals surface area (Å²) in [4.78, 5) is 38.8. The molecule has 11 heteroatoms. The van der Waals surface area contributed by atoms with Crippen LogP contribution < -0.4 is 10.6 Å². The third-order valence-electron chi connectivity index (χ3n) is 6.69. The highest BCUT2D eigenvalue weighted by molar-refractivity contribution is 5.90. The second-order valence-electron chi connectivity index (χ2n) is 10.4. The largest absolute Gasteiger partial charge is 0.465 e. The van der Waals surface area contributed by atoms with E-state index >= 15 is 0 Å². The number of amides is 3. The van der Waals surface area contributed by atoms with Crippen LogP contribution in [0.15, 0.2) is 6.20 Å². The van der Waals surface area contributed by atoms with E-state index < -0.39 is 35.2 Å². The number of rotatable bonds is 6.